The molecule has 1 heterocycles. The lowest BCUT2D eigenvalue weighted by atomic mass is 9.89. The molecular weight excluding hydrogens is 194 g/mol. The fraction of sp³-hybridized carbons (Fsp3) is 0.800. The van der Waals surface area contributed by atoms with E-state index in [1.54, 1.807) is 11.8 Å². The zero-order chi connectivity index (χ0) is 11.6. The lowest BCUT2D eigenvalue weighted by Crippen LogP contribution is -2.44. The van der Waals surface area contributed by atoms with Crippen LogP contribution >= 0.6 is 0 Å². The van der Waals surface area contributed by atoms with E-state index in [1.807, 2.05) is 13.8 Å². The van der Waals surface area contributed by atoms with Gasteiger partial charge in [0.15, 0.2) is 0 Å². The number of urea groups is 1. The third-order valence-electron chi connectivity index (χ3n) is 2.77. The Labute approximate surface area is 90.0 Å². The predicted molar refractivity (Wildman–Crippen MR) is 57.2 cm³/mol. The quantitative estimate of drug-likeness (QED) is 0.692. The van der Waals surface area contributed by atoms with Gasteiger partial charge in [0, 0.05) is 19.1 Å². The zero-order valence-electron chi connectivity index (χ0n) is 9.54. The van der Waals surface area contributed by atoms with Gasteiger partial charge in [-0.3, -0.25) is 4.79 Å². The molecule has 0 bridgehead atoms. The van der Waals surface area contributed by atoms with Gasteiger partial charge in [-0.15, -0.1) is 0 Å². The van der Waals surface area contributed by atoms with Crippen molar-refractivity contribution in [3.8, 4) is 0 Å². The van der Waals surface area contributed by atoms with Gasteiger partial charge in [-0.25, -0.2) is 4.79 Å². The number of amides is 3. The number of nitrogens with two attached hydrogens (primary N) is 1. The number of hydrogen-bond donors (Lipinski definition) is 2. The SMILES string of the molecule is CC(C)NC(=O)N1CCC(C)(C(N)=O)C1. The van der Waals surface area contributed by atoms with Crippen LogP contribution in [0, 0.1) is 5.41 Å². The Morgan fingerprint density at radius 3 is 2.47 bits per heavy atom. The standard InChI is InChI=1S/C10H19N3O2/c1-7(2)12-9(15)13-5-4-10(3,6-13)8(11)14/h7H,4-6H2,1-3H3,(H2,11,14)(H,12,15). The van der Waals surface area contributed by atoms with Crippen molar-refractivity contribution in [2.75, 3.05) is 13.1 Å². The second kappa shape index (κ2) is 4.08. The summed E-state index contributed by atoms with van der Waals surface area (Å²) >= 11 is 0. The van der Waals surface area contributed by atoms with Crippen LogP contribution in [0.3, 0.4) is 0 Å². The van der Waals surface area contributed by atoms with Gasteiger partial charge in [-0.2, -0.15) is 0 Å². The van der Waals surface area contributed by atoms with E-state index < -0.39 is 5.41 Å². The first-order valence-electron chi connectivity index (χ1n) is 5.20. The number of nitrogens with zero attached hydrogens (tertiary/aromatic N) is 1. The Kier molecular flexibility index (Phi) is 3.21. The van der Waals surface area contributed by atoms with E-state index in [0.29, 0.717) is 19.5 Å². The third kappa shape index (κ3) is 2.61. The summed E-state index contributed by atoms with van der Waals surface area (Å²) in [5.41, 5.74) is 4.74. The van der Waals surface area contributed by atoms with Crippen LogP contribution in [0.15, 0.2) is 0 Å². The average molecular weight is 213 g/mol. The molecule has 0 saturated carbocycles. The predicted octanol–water partition coefficient (Wildman–Crippen LogP) is 0.302. The molecule has 1 unspecified atom stereocenters. The molecule has 1 fully saturated rings. The molecule has 1 rings (SSSR count). The van der Waals surface area contributed by atoms with Gasteiger partial charge in [-0.1, -0.05) is 0 Å². The van der Waals surface area contributed by atoms with Crippen LogP contribution in [-0.4, -0.2) is 36.0 Å². The highest BCUT2D eigenvalue weighted by Gasteiger charge is 2.40. The molecule has 1 saturated heterocycles. The van der Waals surface area contributed by atoms with E-state index in [0.717, 1.165) is 0 Å². The van der Waals surface area contributed by atoms with Gasteiger partial charge in [0.05, 0.1) is 5.41 Å². The summed E-state index contributed by atoms with van der Waals surface area (Å²) in [6.45, 7) is 6.62. The monoisotopic (exact) mass is 213 g/mol. The minimum Gasteiger partial charge on any atom is -0.369 e. The highest BCUT2D eigenvalue weighted by atomic mass is 16.2. The summed E-state index contributed by atoms with van der Waals surface area (Å²) in [6.07, 6.45) is 0.647. The maximum absolute atomic E-state index is 11.6. The van der Waals surface area contributed by atoms with Crippen molar-refractivity contribution in [2.24, 2.45) is 11.1 Å². The molecule has 5 nitrogen and oxygen atoms in total. The van der Waals surface area contributed by atoms with Crippen LogP contribution in [0.4, 0.5) is 4.79 Å². The van der Waals surface area contributed by atoms with E-state index in [-0.39, 0.29) is 18.0 Å². The Balaban J connectivity index is 2.56. The molecule has 0 radical (unpaired) electrons. The summed E-state index contributed by atoms with van der Waals surface area (Å²) in [6, 6.07) is -0.00657. The van der Waals surface area contributed by atoms with Crippen molar-refractivity contribution in [3.63, 3.8) is 0 Å². The number of rotatable bonds is 2. The molecule has 1 aliphatic heterocycles. The molecule has 3 N–H and O–H groups in total. The molecule has 86 valence electrons. The van der Waals surface area contributed by atoms with E-state index in [2.05, 4.69) is 5.32 Å². The highest BCUT2D eigenvalue weighted by Crippen LogP contribution is 2.29. The van der Waals surface area contributed by atoms with E-state index >= 15 is 0 Å². The first-order chi connectivity index (χ1) is 6.85. The van der Waals surface area contributed by atoms with Crippen LogP contribution in [0.25, 0.3) is 0 Å². The van der Waals surface area contributed by atoms with Gasteiger partial charge in [0.25, 0.3) is 0 Å². The molecule has 1 atom stereocenters. The van der Waals surface area contributed by atoms with Gasteiger partial charge in [0.1, 0.15) is 0 Å². The van der Waals surface area contributed by atoms with Crippen molar-refractivity contribution >= 4 is 11.9 Å². The Bertz CT molecular complexity index is 278. The maximum atomic E-state index is 11.6. The maximum Gasteiger partial charge on any atom is 0.317 e. The Morgan fingerprint density at radius 2 is 2.07 bits per heavy atom. The molecule has 15 heavy (non-hydrogen) atoms. The topological polar surface area (TPSA) is 75.4 Å². The van der Waals surface area contributed by atoms with Crippen molar-refractivity contribution in [2.45, 2.75) is 33.2 Å². The number of nitrogens with one attached hydrogen (secondary N) is 1. The number of primary amides is 1. The number of hydrogen-bond acceptors (Lipinski definition) is 2. The highest BCUT2D eigenvalue weighted by molar-refractivity contribution is 5.83. The minimum absolute atomic E-state index is 0.109. The number of carbonyl (C=O) groups excluding carboxylic acids is 2. The summed E-state index contributed by atoms with van der Waals surface area (Å²) < 4.78 is 0. The van der Waals surface area contributed by atoms with Gasteiger partial charge >= 0.3 is 6.03 Å². The van der Waals surface area contributed by atoms with Crippen LogP contribution in [0.5, 0.6) is 0 Å². The third-order valence-corrected chi connectivity index (χ3v) is 2.77. The van der Waals surface area contributed by atoms with Gasteiger partial charge in [0.2, 0.25) is 5.91 Å². The first kappa shape index (κ1) is 11.8. The smallest absolute Gasteiger partial charge is 0.317 e. The van der Waals surface area contributed by atoms with E-state index in [9.17, 15) is 9.59 Å². The summed E-state index contributed by atoms with van der Waals surface area (Å²) in [4.78, 5) is 24.4. The molecule has 5 heteroatoms. The molecule has 3 amide bonds. The summed E-state index contributed by atoms with van der Waals surface area (Å²) in [7, 11) is 0. The number of carbonyl (C=O) groups is 2. The molecular formula is C10H19N3O2. The van der Waals surface area contributed by atoms with Crippen molar-refractivity contribution < 1.29 is 9.59 Å². The van der Waals surface area contributed by atoms with Crippen molar-refractivity contribution in [3.05, 3.63) is 0 Å². The van der Waals surface area contributed by atoms with E-state index in [1.165, 1.54) is 0 Å². The second-order valence-electron chi connectivity index (χ2n) is 4.70. The largest absolute Gasteiger partial charge is 0.369 e. The van der Waals surface area contributed by atoms with Crippen LogP contribution in [-0.2, 0) is 4.79 Å². The second-order valence-corrected chi connectivity index (χ2v) is 4.70. The lowest BCUT2D eigenvalue weighted by molar-refractivity contribution is -0.126. The van der Waals surface area contributed by atoms with Crippen LogP contribution in [0.2, 0.25) is 0 Å². The fourth-order valence-corrected chi connectivity index (χ4v) is 1.67. The molecule has 1 aliphatic rings. The Hall–Kier alpha value is -1.26. The zero-order valence-corrected chi connectivity index (χ0v) is 9.54. The van der Waals surface area contributed by atoms with Crippen LogP contribution in [0.1, 0.15) is 27.2 Å². The van der Waals surface area contributed by atoms with E-state index in [4.69, 9.17) is 5.73 Å². The van der Waals surface area contributed by atoms with Gasteiger partial charge < -0.3 is 16.0 Å². The molecule has 0 aliphatic carbocycles. The molecule has 0 spiro atoms. The lowest BCUT2D eigenvalue weighted by Gasteiger charge is -2.22. The minimum atomic E-state index is -0.561. The molecule has 0 aromatic rings. The fourth-order valence-electron chi connectivity index (χ4n) is 1.67. The first-order valence-corrected chi connectivity index (χ1v) is 5.20. The molecule has 0 aromatic carbocycles. The Morgan fingerprint density at radius 1 is 1.47 bits per heavy atom. The number of likely N-dealkylation sites (tertiary alicyclic amines) is 1. The summed E-state index contributed by atoms with van der Waals surface area (Å²) in [5, 5.41) is 2.80. The van der Waals surface area contributed by atoms with Crippen molar-refractivity contribution in [1.82, 2.24) is 10.2 Å². The van der Waals surface area contributed by atoms with Gasteiger partial charge in [-0.05, 0) is 27.2 Å². The van der Waals surface area contributed by atoms with Crippen molar-refractivity contribution in [1.29, 1.82) is 0 Å². The van der Waals surface area contributed by atoms with Crippen LogP contribution < -0.4 is 11.1 Å². The normalized spacial score (nSPS) is 25.7. The average Bonchev–Trinajstić information content (AvgIpc) is 2.48. The summed E-state index contributed by atoms with van der Waals surface area (Å²) in [5.74, 6) is -0.331. The molecule has 0 aromatic heterocycles.